The first-order chi connectivity index (χ1) is 12.3. The van der Waals surface area contributed by atoms with Crippen molar-refractivity contribution < 1.29 is 9.53 Å². The number of amides is 1. The molecule has 0 spiro atoms. The summed E-state index contributed by atoms with van der Waals surface area (Å²) in [5.41, 5.74) is 2.57. The number of benzene rings is 1. The summed E-state index contributed by atoms with van der Waals surface area (Å²) in [4.78, 5) is 14.8. The number of ether oxygens (including phenoxy) is 1. The second-order valence-corrected chi connectivity index (χ2v) is 7.17. The summed E-state index contributed by atoms with van der Waals surface area (Å²) in [6.45, 7) is 6.17. The van der Waals surface area contributed by atoms with Gasteiger partial charge in [-0.05, 0) is 37.1 Å². The van der Waals surface area contributed by atoms with Crippen LogP contribution in [0.3, 0.4) is 0 Å². The highest BCUT2D eigenvalue weighted by atomic mass is 16.5. The van der Waals surface area contributed by atoms with Crippen LogP contribution >= 0.6 is 0 Å². The molecule has 3 rings (SSSR count). The van der Waals surface area contributed by atoms with E-state index >= 15 is 0 Å². The summed E-state index contributed by atoms with van der Waals surface area (Å²) in [5.74, 6) is 0.0903. The molecule has 0 aromatic heterocycles. The molecule has 0 saturated carbocycles. The number of hydrogen-bond acceptors (Lipinski definition) is 4. The number of nitrogens with one attached hydrogen (secondary N) is 2. The first-order valence-electron chi connectivity index (χ1n) is 9.68. The van der Waals surface area contributed by atoms with E-state index in [9.17, 15) is 4.79 Å². The van der Waals surface area contributed by atoms with Crippen molar-refractivity contribution in [3.8, 4) is 0 Å². The molecule has 1 aromatic carbocycles. The van der Waals surface area contributed by atoms with Gasteiger partial charge < -0.3 is 15.4 Å². The molecule has 2 aliphatic heterocycles. The third-order valence-electron chi connectivity index (χ3n) is 5.12. The van der Waals surface area contributed by atoms with Crippen LogP contribution in [0.25, 0.3) is 0 Å². The van der Waals surface area contributed by atoms with Gasteiger partial charge in [-0.3, -0.25) is 9.69 Å². The second-order valence-electron chi connectivity index (χ2n) is 7.17. The van der Waals surface area contributed by atoms with Gasteiger partial charge >= 0.3 is 0 Å². The van der Waals surface area contributed by atoms with Crippen LogP contribution in [0.15, 0.2) is 24.3 Å². The Kier molecular flexibility index (Phi) is 7.27. The molecule has 0 aliphatic carbocycles. The third kappa shape index (κ3) is 6.10. The van der Waals surface area contributed by atoms with Crippen LogP contribution in [0.2, 0.25) is 0 Å². The van der Waals surface area contributed by atoms with Gasteiger partial charge in [-0.2, -0.15) is 0 Å². The number of likely N-dealkylation sites (tertiary alicyclic amines) is 1. The van der Waals surface area contributed by atoms with Crippen LogP contribution in [-0.4, -0.2) is 49.7 Å². The van der Waals surface area contributed by atoms with E-state index in [1.807, 2.05) is 0 Å². The van der Waals surface area contributed by atoms with Crippen LogP contribution < -0.4 is 10.6 Å². The van der Waals surface area contributed by atoms with E-state index in [1.54, 1.807) is 0 Å². The Balaban J connectivity index is 1.50. The molecule has 1 aromatic rings. The highest BCUT2D eigenvalue weighted by Gasteiger charge is 2.17. The Hall–Kier alpha value is -1.43. The molecule has 0 bridgehead atoms. The van der Waals surface area contributed by atoms with Gasteiger partial charge in [0, 0.05) is 32.1 Å². The zero-order valence-electron chi connectivity index (χ0n) is 15.1. The van der Waals surface area contributed by atoms with Crippen molar-refractivity contribution in [2.75, 3.05) is 32.8 Å². The zero-order valence-corrected chi connectivity index (χ0v) is 15.1. The van der Waals surface area contributed by atoms with Gasteiger partial charge in [-0.1, -0.05) is 37.1 Å². The molecule has 2 aliphatic rings. The number of hydrogen-bond donors (Lipinski definition) is 2. The summed E-state index contributed by atoms with van der Waals surface area (Å²) in [5, 5.41) is 6.41. The van der Waals surface area contributed by atoms with Gasteiger partial charge in [0.15, 0.2) is 0 Å². The highest BCUT2D eigenvalue weighted by Crippen LogP contribution is 2.16. The Morgan fingerprint density at radius 1 is 1.16 bits per heavy atom. The number of morpholine rings is 1. The number of carbonyl (C=O) groups is 1. The SMILES string of the molecule is O=C(CC1COCCN1)NCc1ccccc1CN1CCCCCC1. The van der Waals surface area contributed by atoms with E-state index in [-0.39, 0.29) is 11.9 Å². The maximum absolute atomic E-state index is 12.2. The van der Waals surface area contributed by atoms with Crippen molar-refractivity contribution in [3.05, 3.63) is 35.4 Å². The van der Waals surface area contributed by atoms with E-state index in [0.717, 1.165) is 19.7 Å². The van der Waals surface area contributed by atoms with Crippen molar-refractivity contribution in [1.82, 2.24) is 15.5 Å². The molecule has 1 atom stereocenters. The minimum Gasteiger partial charge on any atom is -0.378 e. The number of rotatable bonds is 6. The lowest BCUT2D eigenvalue weighted by Crippen LogP contribution is -2.44. The van der Waals surface area contributed by atoms with Gasteiger partial charge in [-0.25, -0.2) is 0 Å². The molecule has 2 fully saturated rings. The summed E-state index contributed by atoms with van der Waals surface area (Å²) < 4.78 is 5.41. The Morgan fingerprint density at radius 2 is 1.92 bits per heavy atom. The summed E-state index contributed by atoms with van der Waals surface area (Å²) in [6, 6.07) is 8.63. The Labute approximate surface area is 151 Å². The molecule has 5 nitrogen and oxygen atoms in total. The lowest BCUT2D eigenvalue weighted by atomic mass is 10.1. The lowest BCUT2D eigenvalue weighted by molar-refractivity contribution is -0.122. The fourth-order valence-corrected chi connectivity index (χ4v) is 3.66. The fraction of sp³-hybridized carbons (Fsp3) is 0.650. The third-order valence-corrected chi connectivity index (χ3v) is 5.12. The fourth-order valence-electron chi connectivity index (χ4n) is 3.66. The highest BCUT2D eigenvalue weighted by molar-refractivity contribution is 5.76. The molecule has 5 heteroatoms. The predicted octanol–water partition coefficient (Wildman–Crippen LogP) is 2.06. The lowest BCUT2D eigenvalue weighted by Gasteiger charge is -2.23. The Bertz CT molecular complexity index is 535. The van der Waals surface area contributed by atoms with Gasteiger partial charge in [0.05, 0.1) is 13.2 Å². The van der Waals surface area contributed by atoms with Gasteiger partial charge in [0.1, 0.15) is 0 Å². The van der Waals surface area contributed by atoms with Crippen molar-refractivity contribution in [2.45, 2.75) is 51.2 Å². The smallest absolute Gasteiger partial charge is 0.221 e. The van der Waals surface area contributed by atoms with Gasteiger partial charge in [0.25, 0.3) is 0 Å². The molecule has 138 valence electrons. The summed E-state index contributed by atoms with van der Waals surface area (Å²) in [7, 11) is 0. The quantitative estimate of drug-likeness (QED) is 0.829. The Morgan fingerprint density at radius 3 is 2.64 bits per heavy atom. The first kappa shape index (κ1) is 18.4. The van der Waals surface area contributed by atoms with E-state index in [4.69, 9.17) is 4.74 Å². The number of carbonyl (C=O) groups excluding carboxylic acids is 1. The number of nitrogens with zero attached hydrogens (tertiary/aromatic N) is 1. The van der Waals surface area contributed by atoms with Crippen LogP contribution in [0.5, 0.6) is 0 Å². The maximum Gasteiger partial charge on any atom is 0.221 e. The molecular formula is C20H31N3O2. The standard InChI is InChI=1S/C20H31N3O2/c24-20(13-19-16-25-12-9-21-19)22-14-17-7-3-4-8-18(17)15-23-10-5-1-2-6-11-23/h3-4,7-8,19,21H,1-2,5-6,9-16H2,(H,22,24). The average molecular weight is 345 g/mol. The second kappa shape index (κ2) is 9.90. The minimum atomic E-state index is 0.0903. The van der Waals surface area contributed by atoms with Crippen molar-refractivity contribution in [2.24, 2.45) is 0 Å². The first-order valence-corrected chi connectivity index (χ1v) is 9.68. The van der Waals surface area contributed by atoms with Crippen LogP contribution in [0, 0.1) is 0 Å². The van der Waals surface area contributed by atoms with E-state index in [1.165, 1.54) is 49.9 Å². The van der Waals surface area contributed by atoms with E-state index in [2.05, 4.69) is 39.8 Å². The zero-order chi connectivity index (χ0) is 17.3. The van der Waals surface area contributed by atoms with Crippen molar-refractivity contribution >= 4 is 5.91 Å². The van der Waals surface area contributed by atoms with Crippen molar-refractivity contribution in [3.63, 3.8) is 0 Å². The molecule has 25 heavy (non-hydrogen) atoms. The molecule has 2 N–H and O–H groups in total. The van der Waals surface area contributed by atoms with Crippen LogP contribution in [0.4, 0.5) is 0 Å². The molecule has 2 heterocycles. The summed E-state index contributed by atoms with van der Waals surface area (Å²) in [6.07, 6.45) is 5.79. The normalized spacial score (nSPS) is 22.3. The van der Waals surface area contributed by atoms with Crippen LogP contribution in [0.1, 0.15) is 43.2 Å². The predicted molar refractivity (Wildman–Crippen MR) is 99.3 cm³/mol. The van der Waals surface area contributed by atoms with Gasteiger partial charge in [-0.15, -0.1) is 0 Å². The van der Waals surface area contributed by atoms with Gasteiger partial charge in [0.2, 0.25) is 5.91 Å². The maximum atomic E-state index is 12.2. The minimum absolute atomic E-state index is 0.0903. The largest absolute Gasteiger partial charge is 0.378 e. The average Bonchev–Trinajstić information content (AvgIpc) is 2.90. The van der Waals surface area contributed by atoms with E-state index in [0.29, 0.717) is 19.6 Å². The molecule has 1 amide bonds. The van der Waals surface area contributed by atoms with Crippen LogP contribution in [-0.2, 0) is 22.6 Å². The molecule has 0 radical (unpaired) electrons. The summed E-state index contributed by atoms with van der Waals surface area (Å²) >= 11 is 0. The molecular weight excluding hydrogens is 314 g/mol. The van der Waals surface area contributed by atoms with E-state index < -0.39 is 0 Å². The topological polar surface area (TPSA) is 53.6 Å². The monoisotopic (exact) mass is 345 g/mol. The molecule has 2 saturated heterocycles. The van der Waals surface area contributed by atoms with Crippen molar-refractivity contribution in [1.29, 1.82) is 0 Å². The molecule has 1 unspecified atom stereocenters.